The molecule has 1 aliphatic heterocycles. The maximum Gasteiger partial charge on any atom is 0.230 e. The molecule has 1 N–H and O–H groups in total. The molecule has 190 valence electrons. The van der Waals surface area contributed by atoms with Gasteiger partial charge < -0.3 is 19.2 Å². The molecule has 0 radical (unpaired) electrons. The number of methoxy groups -OCH3 is 1. The summed E-state index contributed by atoms with van der Waals surface area (Å²) in [5.74, 6) is 1.84. The third-order valence-electron chi connectivity index (χ3n) is 6.56. The summed E-state index contributed by atoms with van der Waals surface area (Å²) in [4.78, 5) is 10.6. The fraction of sp³-hybridized carbons (Fsp3) is 0.231. The molecule has 0 spiro atoms. The van der Waals surface area contributed by atoms with Crippen molar-refractivity contribution < 1.29 is 14.3 Å². The highest BCUT2D eigenvalue weighted by Gasteiger charge is 2.33. The summed E-state index contributed by atoms with van der Waals surface area (Å²) in [5, 5.41) is 16.9. The predicted octanol–water partition coefficient (Wildman–Crippen LogP) is 5.98. The highest BCUT2D eigenvalue weighted by atomic mass is 35.5. The molecule has 6 rings (SSSR count). The number of aromatic nitrogens is 3. The molecule has 1 unspecified atom stereocenters. The monoisotopic (exact) mass is 555 g/mol. The van der Waals surface area contributed by atoms with E-state index < -0.39 is 0 Å². The molecule has 11 heteroatoms. The summed E-state index contributed by atoms with van der Waals surface area (Å²) >= 11 is 14.3. The zero-order valence-electron chi connectivity index (χ0n) is 19.8. The maximum atomic E-state index is 11.3. The number of fused-ring (bicyclic) bond motifs is 1. The van der Waals surface area contributed by atoms with Gasteiger partial charge in [-0.1, -0.05) is 40.6 Å². The molecule has 0 saturated carbocycles. The molecular formula is C26H23Cl2N5O3S. The molecule has 0 bridgehead atoms. The van der Waals surface area contributed by atoms with Gasteiger partial charge in [0.05, 0.1) is 24.3 Å². The smallest absolute Gasteiger partial charge is 0.230 e. The minimum absolute atomic E-state index is 0.0407. The van der Waals surface area contributed by atoms with Gasteiger partial charge in [0.1, 0.15) is 5.75 Å². The molecule has 3 aromatic heterocycles. The van der Waals surface area contributed by atoms with E-state index in [0.717, 1.165) is 48.1 Å². The van der Waals surface area contributed by atoms with Crippen LogP contribution >= 0.6 is 34.5 Å². The minimum atomic E-state index is -0.289. The lowest BCUT2D eigenvalue weighted by atomic mass is 10.0. The van der Waals surface area contributed by atoms with Crippen LogP contribution in [0.25, 0.3) is 16.5 Å². The average molecular weight is 556 g/mol. The third-order valence-corrected chi connectivity index (χ3v) is 8.20. The second-order valence-electron chi connectivity index (χ2n) is 8.69. The van der Waals surface area contributed by atoms with Crippen molar-refractivity contribution in [2.24, 2.45) is 0 Å². The molecule has 8 nitrogen and oxygen atoms in total. The Morgan fingerprint density at radius 2 is 1.84 bits per heavy atom. The number of furan rings is 1. The zero-order valence-corrected chi connectivity index (χ0v) is 22.2. The number of hydrogen-bond donors (Lipinski definition) is 1. The number of anilines is 1. The van der Waals surface area contributed by atoms with E-state index in [1.807, 2.05) is 24.3 Å². The van der Waals surface area contributed by atoms with Crippen LogP contribution in [0, 0.1) is 0 Å². The number of nitrogens with zero attached hydrogens (tertiary/aromatic N) is 5. The van der Waals surface area contributed by atoms with Gasteiger partial charge >= 0.3 is 0 Å². The maximum absolute atomic E-state index is 11.3. The number of piperazine rings is 1. The Labute approximate surface area is 227 Å². The Balaban J connectivity index is 1.33. The minimum Gasteiger partial charge on any atom is -0.497 e. The Kier molecular flexibility index (Phi) is 6.46. The van der Waals surface area contributed by atoms with Gasteiger partial charge in [-0.3, -0.25) is 4.90 Å². The molecule has 0 aliphatic carbocycles. The van der Waals surface area contributed by atoms with Gasteiger partial charge in [0.2, 0.25) is 16.7 Å². The Bertz CT molecular complexity index is 1530. The molecule has 0 amide bonds. The zero-order chi connectivity index (χ0) is 25.5. The molecule has 1 atom stereocenters. The van der Waals surface area contributed by atoms with E-state index >= 15 is 0 Å². The number of hydrogen-bond acceptors (Lipinski definition) is 8. The SMILES string of the molecule is COc1ccc(N2CCN(C(c3ccc(Cl)cc3Cl)c3sc4nc(-c5ccco5)nn4c3O)CC2)cc1. The van der Waals surface area contributed by atoms with Crippen molar-refractivity contribution in [3.63, 3.8) is 0 Å². The molecule has 2 aromatic carbocycles. The molecular weight excluding hydrogens is 533 g/mol. The van der Waals surface area contributed by atoms with Crippen molar-refractivity contribution in [2.75, 3.05) is 38.2 Å². The van der Waals surface area contributed by atoms with Crippen molar-refractivity contribution in [3.05, 3.63) is 81.3 Å². The van der Waals surface area contributed by atoms with E-state index in [1.54, 1.807) is 31.6 Å². The normalized spacial score (nSPS) is 15.4. The summed E-state index contributed by atoms with van der Waals surface area (Å²) in [6.07, 6.45) is 1.57. The van der Waals surface area contributed by atoms with Gasteiger partial charge in [0, 0.05) is 41.9 Å². The Morgan fingerprint density at radius 1 is 1.05 bits per heavy atom. The van der Waals surface area contributed by atoms with Crippen molar-refractivity contribution in [1.82, 2.24) is 19.5 Å². The lowest BCUT2D eigenvalue weighted by Gasteiger charge is -2.40. The summed E-state index contributed by atoms with van der Waals surface area (Å²) in [5.41, 5.74) is 2.02. The summed E-state index contributed by atoms with van der Waals surface area (Å²) in [6, 6.07) is 16.9. The fourth-order valence-electron chi connectivity index (χ4n) is 4.70. The van der Waals surface area contributed by atoms with Crippen molar-refractivity contribution >= 4 is 45.2 Å². The molecule has 4 heterocycles. The Hall–Kier alpha value is -3.24. The Morgan fingerprint density at radius 3 is 2.49 bits per heavy atom. The van der Waals surface area contributed by atoms with Crippen LogP contribution in [-0.4, -0.2) is 57.9 Å². The quantitative estimate of drug-likeness (QED) is 0.276. The van der Waals surface area contributed by atoms with Gasteiger partial charge in [-0.2, -0.15) is 9.50 Å². The largest absolute Gasteiger partial charge is 0.497 e. The first-order valence-corrected chi connectivity index (χ1v) is 13.3. The van der Waals surface area contributed by atoms with E-state index in [4.69, 9.17) is 32.4 Å². The molecule has 1 fully saturated rings. The summed E-state index contributed by atoms with van der Waals surface area (Å²) in [6.45, 7) is 3.16. The first-order chi connectivity index (χ1) is 18.0. The lowest BCUT2D eigenvalue weighted by Crippen LogP contribution is -2.47. The summed E-state index contributed by atoms with van der Waals surface area (Å²) in [7, 11) is 1.67. The first-order valence-electron chi connectivity index (χ1n) is 11.7. The lowest BCUT2D eigenvalue weighted by molar-refractivity contribution is 0.211. The van der Waals surface area contributed by atoms with Crippen LogP contribution < -0.4 is 9.64 Å². The van der Waals surface area contributed by atoms with Crippen LogP contribution in [0.2, 0.25) is 10.0 Å². The van der Waals surface area contributed by atoms with Gasteiger partial charge in [-0.25, -0.2) is 0 Å². The highest BCUT2D eigenvalue weighted by Crippen LogP contribution is 2.43. The van der Waals surface area contributed by atoms with E-state index in [0.29, 0.717) is 26.6 Å². The first kappa shape index (κ1) is 24.1. The van der Waals surface area contributed by atoms with Crippen molar-refractivity contribution in [1.29, 1.82) is 0 Å². The fourth-order valence-corrected chi connectivity index (χ4v) is 6.32. The molecule has 1 aliphatic rings. The molecule has 5 aromatic rings. The van der Waals surface area contributed by atoms with E-state index in [2.05, 4.69) is 32.0 Å². The van der Waals surface area contributed by atoms with Crippen LogP contribution in [0.3, 0.4) is 0 Å². The third kappa shape index (κ3) is 4.53. The number of benzene rings is 2. The molecule has 37 heavy (non-hydrogen) atoms. The number of rotatable bonds is 6. The van der Waals surface area contributed by atoms with Gasteiger partial charge in [-0.15, -0.1) is 5.10 Å². The number of halogens is 2. The van der Waals surface area contributed by atoms with E-state index in [-0.39, 0.29) is 11.9 Å². The second-order valence-corrected chi connectivity index (χ2v) is 10.5. The van der Waals surface area contributed by atoms with Gasteiger partial charge in [-0.05, 0) is 54.1 Å². The van der Waals surface area contributed by atoms with Crippen molar-refractivity contribution in [3.8, 4) is 23.2 Å². The topological polar surface area (TPSA) is 79.3 Å². The number of thiazole rings is 1. The van der Waals surface area contributed by atoms with Crippen LogP contribution in [-0.2, 0) is 0 Å². The number of aromatic hydroxyl groups is 1. The molecule has 1 saturated heterocycles. The van der Waals surface area contributed by atoms with Crippen LogP contribution in [0.15, 0.2) is 65.3 Å². The van der Waals surface area contributed by atoms with Crippen molar-refractivity contribution in [2.45, 2.75) is 6.04 Å². The predicted molar refractivity (Wildman–Crippen MR) is 145 cm³/mol. The summed E-state index contributed by atoms with van der Waals surface area (Å²) < 4.78 is 12.2. The van der Waals surface area contributed by atoms with Crippen LogP contribution in [0.4, 0.5) is 5.69 Å². The number of ether oxygens (including phenoxy) is 1. The van der Waals surface area contributed by atoms with Gasteiger partial charge in [0.15, 0.2) is 5.76 Å². The standard InChI is InChI=1S/C26H23Cl2N5O3S/c1-35-18-7-5-17(6-8-18)31-10-12-32(13-11-31)22(19-9-4-16(27)15-20(19)28)23-25(34)33-26(37-23)29-24(30-33)21-3-2-14-36-21/h2-9,14-15,22,34H,10-13H2,1H3. The highest BCUT2D eigenvalue weighted by molar-refractivity contribution is 7.17. The van der Waals surface area contributed by atoms with Crippen LogP contribution in [0.1, 0.15) is 16.5 Å². The van der Waals surface area contributed by atoms with E-state index in [1.165, 1.54) is 15.9 Å². The average Bonchev–Trinajstić information content (AvgIpc) is 3.65. The van der Waals surface area contributed by atoms with E-state index in [9.17, 15) is 5.11 Å². The second kappa shape index (κ2) is 9.90. The van der Waals surface area contributed by atoms with Crippen LogP contribution in [0.5, 0.6) is 11.6 Å². The van der Waals surface area contributed by atoms with Gasteiger partial charge in [0.25, 0.3) is 0 Å².